The van der Waals surface area contributed by atoms with E-state index in [1.54, 1.807) is 0 Å². The first-order valence-electron chi connectivity index (χ1n) is 6.51. The fourth-order valence-electron chi connectivity index (χ4n) is 2.38. The Balaban J connectivity index is 3.16. The molecule has 0 saturated carbocycles. The molecule has 0 fully saturated rings. The summed E-state index contributed by atoms with van der Waals surface area (Å²) in [5, 5.41) is 10.3. The summed E-state index contributed by atoms with van der Waals surface area (Å²) >= 11 is 24.6. The van der Waals surface area contributed by atoms with Crippen LogP contribution in [0.3, 0.4) is 0 Å². The van der Waals surface area contributed by atoms with E-state index in [1.165, 1.54) is 6.07 Å². The molecule has 3 nitrogen and oxygen atoms in total. The number of nitrogens with two attached hydrogens (primary N) is 1. The molecule has 1 aromatic carbocycles. The van der Waals surface area contributed by atoms with Gasteiger partial charge in [0.25, 0.3) is 0 Å². The number of carboxylic acids is 1. The molecule has 3 N–H and O–H groups in total. The van der Waals surface area contributed by atoms with Gasteiger partial charge in [-0.05, 0) is 29.9 Å². The Morgan fingerprint density at radius 1 is 1.24 bits per heavy atom. The molecule has 1 aromatic rings. The number of carbonyl (C=O) groups is 1. The highest BCUT2D eigenvalue weighted by Gasteiger charge is 2.27. The highest BCUT2D eigenvalue weighted by Crippen LogP contribution is 2.44. The Labute approximate surface area is 144 Å². The van der Waals surface area contributed by atoms with E-state index in [9.17, 15) is 4.79 Å². The number of carboxylic acid groups (broad SMARTS) is 1. The molecular formula is C14H17Cl4NO2. The molecule has 0 aliphatic carbocycles. The molecule has 1 rings (SSSR count). The van der Waals surface area contributed by atoms with Crippen LogP contribution in [0.5, 0.6) is 0 Å². The van der Waals surface area contributed by atoms with Crippen LogP contribution < -0.4 is 5.73 Å². The van der Waals surface area contributed by atoms with E-state index < -0.39 is 12.0 Å². The standard InChI is InChI=1S/C14H17Cl4NO2/c1-3-7(4-10(19)14(20)21)6(2)11-12(17)8(15)5-9(16)13(11)18/h5-7,10H,3-4,19H2,1-2H3,(H,20,21). The van der Waals surface area contributed by atoms with Gasteiger partial charge < -0.3 is 10.8 Å². The zero-order chi connectivity index (χ0) is 16.3. The van der Waals surface area contributed by atoms with Crippen molar-refractivity contribution in [1.29, 1.82) is 0 Å². The van der Waals surface area contributed by atoms with Gasteiger partial charge in [0, 0.05) is 0 Å². The molecule has 0 saturated heterocycles. The summed E-state index contributed by atoms with van der Waals surface area (Å²) in [6.07, 6.45) is 1.06. The van der Waals surface area contributed by atoms with Crippen molar-refractivity contribution in [2.75, 3.05) is 0 Å². The van der Waals surface area contributed by atoms with Gasteiger partial charge in [0.2, 0.25) is 0 Å². The lowest BCUT2D eigenvalue weighted by Crippen LogP contribution is -2.33. The molecule has 7 heteroatoms. The molecule has 3 atom stereocenters. The first-order valence-corrected chi connectivity index (χ1v) is 8.03. The number of hydrogen-bond donors (Lipinski definition) is 2. The van der Waals surface area contributed by atoms with Crippen molar-refractivity contribution in [2.45, 2.75) is 38.6 Å². The van der Waals surface area contributed by atoms with Gasteiger partial charge in [-0.2, -0.15) is 0 Å². The van der Waals surface area contributed by atoms with E-state index in [1.807, 2.05) is 13.8 Å². The van der Waals surface area contributed by atoms with Crippen molar-refractivity contribution >= 4 is 52.4 Å². The van der Waals surface area contributed by atoms with Crippen LogP contribution >= 0.6 is 46.4 Å². The number of aliphatic carboxylic acids is 1. The maximum Gasteiger partial charge on any atom is 0.320 e. The molecule has 0 amide bonds. The fraction of sp³-hybridized carbons (Fsp3) is 0.500. The maximum absolute atomic E-state index is 10.9. The van der Waals surface area contributed by atoms with E-state index in [0.717, 1.165) is 6.42 Å². The number of rotatable bonds is 6. The number of halogens is 4. The Kier molecular flexibility index (Phi) is 7.08. The lowest BCUT2D eigenvalue weighted by atomic mass is 9.81. The van der Waals surface area contributed by atoms with E-state index in [0.29, 0.717) is 32.1 Å². The van der Waals surface area contributed by atoms with Crippen molar-refractivity contribution in [1.82, 2.24) is 0 Å². The molecule has 0 aromatic heterocycles. The largest absolute Gasteiger partial charge is 0.480 e. The molecule has 0 aliphatic heterocycles. The summed E-state index contributed by atoms with van der Waals surface area (Å²) < 4.78 is 0. The Morgan fingerprint density at radius 2 is 1.71 bits per heavy atom. The molecular weight excluding hydrogens is 356 g/mol. The molecule has 3 unspecified atom stereocenters. The lowest BCUT2D eigenvalue weighted by Gasteiger charge is -2.26. The first-order chi connectivity index (χ1) is 9.70. The number of benzene rings is 1. The summed E-state index contributed by atoms with van der Waals surface area (Å²) in [5.41, 5.74) is 6.27. The quantitative estimate of drug-likeness (QED) is 0.671. The van der Waals surface area contributed by atoms with E-state index in [-0.39, 0.29) is 11.8 Å². The van der Waals surface area contributed by atoms with Gasteiger partial charge in [0.05, 0.1) is 20.1 Å². The summed E-state index contributed by atoms with van der Waals surface area (Å²) in [6, 6.07) is 0.568. The van der Waals surface area contributed by atoms with Crippen molar-refractivity contribution in [3.63, 3.8) is 0 Å². The summed E-state index contributed by atoms with van der Waals surface area (Å²) in [6.45, 7) is 3.88. The third-order valence-corrected chi connectivity index (χ3v) is 5.31. The fourth-order valence-corrected chi connectivity index (χ4v) is 3.55. The van der Waals surface area contributed by atoms with Gasteiger partial charge in [-0.3, -0.25) is 4.79 Å². The van der Waals surface area contributed by atoms with Crippen molar-refractivity contribution < 1.29 is 9.90 Å². The molecule has 0 bridgehead atoms. The van der Waals surface area contributed by atoms with E-state index in [4.69, 9.17) is 57.2 Å². The van der Waals surface area contributed by atoms with Gasteiger partial charge in [0.1, 0.15) is 6.04 Å². The van der Waals surface area contributed by atoms with Crippen LogP contribution in [0.1, 0.15) is 38.2 Å². The van der Waals surface area contributed by atoms with Crippen molar-refractivity contribution in [3.05, 3.63) is 31.7 Å². The lowest BCUT2D eigenvalue weighted by molar-refractivity contribution is -0.139. The Hall–Kier alpha value is -0.190. The molecule has 0 radical (unpaired) electrons. The second-order valence-corrected chi connectivity index (χ2v) is 6.59. The Morgan fingerprint density at radius 3 is 2.10 bits per heavy atom. The highest BCUT2D eigenvalue weighted by molar-refractivity contribution is 6.48. The van der Waals surface area contributed by atoms with Crippen LogP contribution in [0.25, 0.3) is 0 Å². The van der Waals surface area contributed by atoms with Gasteiger partial charge in [-0.15, -0.1) is 0 Å². The second-order valence-electron chi connectivity index (χ2n) is 5.02. The topological polar surface area (TPSA) is 63.3 Å². The molecule has 0 heterocycles. The minimum absolute atomic E-state index is 0.000586. The second kappa shape index (κ2) is 7.89. The Bertz CT molecular complexity index is 510. The summed E-state index contributed by atoms with van der Waals surface area (Å²) in [4.78, 5) is 10.9. The van der Waals surface area contributed by atoms with E-state index >= 15 is 0 Å². The smallest absolute Gasteiger partial charge is 0.320 e. The first kappa shape index (κ1) is 18.9. The molecule has 21 heavy (non-hydrogen) atoms. The average Bonchev–Trinajstić information content (AvgIpc) is 2.42. The van der Waals surface area contributed by atoms with Crippen LogP contribution in [0.2, 0.25) is 20.1 Å². The average molecular weight is 373 g/mol. The van der Waals surface area contributed by atoms with Crippen LogP contribution in [-0.2, 0) is 4.79 Å². The minimum atomic E-state index is -1.03. The van der Waals surface area contributed by atoms with Crippen LogP contribution in [0, 0.1) is 5.92 Å². The van der Waals surface area contributed by atoms with Gasteiger partial charge in [-0.25, -0.2) is 0 Å². The highest BCUT2D eigenvalue weighted by atomic mass is 35.5. The predicted octanol–water partition coefficient (Wildman–Crippen LogP) is 5.23. The van der Waals surface area contributed by atoms with Gasteiger partial charge in [0.15, 0.2) is 0 Å². The van der Waals surface area contributed by atoms with Crippen molar-refractivity contribution in [3.8, 4) is 0 Å². The third kappa shape index (κ3) is 4.40. The van der Waals surface area contributed by atoms with Crippen LogP contribution in [0.15, 0.2) is 6.07 Å². The van der Waals surface area contributed by atoms with Crippen molar-refractivity contribution in [2.24, 2.45) is 11.7 Å². The predicted molar refractivity (Wildman–Crippen MR) is 88.9 cm³/mol. The zero-order valence-electron chi connectivity index (χ0n) is 11.7. The third-order valence-electron chi connectivity index (χ3n) is 3.71. The minimum Gasteiger partial charge on any atom is -0.480 e. The normalized spacial score (nSPS) is 15.6. The molecule has 0 aliphatic rings. The van der Waals surface area contributed by atoms with Gasteiger partial charge >= 0.3 is 5.97 Å². The monoisotopic (exact) mass is 371 g/mol. The summed E-state index contributed by atoms with van der Waals surface area (Å²) in [7, 11) is 0. The van der Waals surface area contributed by atoms with Crippen LogP contribution in [0.4, 0.5) is 0 Å². The molecule has 0 spiro atoms. The van der Waals surface area contributed by atoms with E-state index in [2.05, 4.69) is 0 Å². The van der Waals surface area contributed by atoms with Gasteiger partial charge in [-0.1, -0.05) is 66.7 Å². The number of hydrogen-bond acceptors (Lipinski definition) is 2. The maximum atomic E-state index is 10.9. The SMILES string of the molecule is CCC(CC(N)C(=O)O)C(C)c1c(Cl)c(Cl)cc(Cl)c1Cl. The molecule has 118 valence electrons. The zero-order valence-corrected chi connectivity index (χ0v) is 14.7. The van der Waals surface area contributed by atoms with Crippen LogP contribution in [-0.4, -0.2) is 17.1 Å². The summed E-state index contributed by atoms with van der Waals surface area (Å²) in [5.74, 6) is -1.14.